The van der Waals surface area contributed by atoms with Gasteiger partial charge in [0.2, 0.25) is 0 Å². The van der Waals surface area contributed by atoms with Gasteiger partial charge in [-0.2, -0.15) is 0 Å². The number of hydrogen-bond donors (Lipinski definition) is 1. The van der Waals surface area contributed by atoms with E-state index in [1.165, 1.54) is 0 Å². The first-order chi connectivity index (χ1) is 9.03. The van der Waals surface area contributed by atoms with Crippen LogP contribution in [0.3, 0.4) is 0 Å². The number of benzene rings is 1. The molecule has 2 unspecified atom stereocenters. The van der Waals surface area contributed by atoms with Crippen molar-refractivity contribution in [2.45, 2.75) is 30.2 Å². The molecule has 0 radical (unpaired) electrons. The van der Waals surface area contributed by atoms with Crippen molar-refractivity contribution in [2.75, 3.05) is 0 Å². The Morgan fingerprint density at radius 1 is 1.47 bits per heavy atom. The number of nitrogens with zero attached hydrogens (tertiary/aromatic N) is 3. The first-order valence-corrected chi connectivity index (χ1v) is 7.29. The van der Waals surface area contributed by atoms with E-state index >= 15 is 0 Å². The molecule has 2 aromatic rings. The molecule has 0 N–H and O–H groups in total. The normalized spacial score (nSPS) is 26.2. The molecule has 0 saturated carbocycles. The Kier molecular flexibility index (Phi) is 3.19. The molecule has 0 spiro atoms. The molecule has 1 aliphatic heterocycles. The molecular weight excluding hydrogens is 326 g/mol. The molecule has 1 fully saturated rings. The highest BCUT2D eigenvalue weighted by molar-refractivity contribution is 9.10. The Balaban J connectivity index is 2.13. The quantitative estimate of drug-likeness (QED) is 0.855. The van der Waals surface area contributed by atoms with E-state index in [2.05, 4.69) is 57.8 Å². The van der Waals surface area contributed by atoms with Crippen LogP contribution in [0.1, 0.15) is 24.7 Å². The second-order valence-corrected chi connectivity index (χ2v) is 6.17. The van der Waals surface area contributed by atoms with Crippen LogP contribution in [0.2, 0.25) is 0 Å². The smallest absolute Gasteiger partial charge is 0.187 e. The van der Waals surface area contributed by atoms with Gasteiger partial charge in [0, 0.05) is 17.9 Å². The first-order valence-electron chi connectivity index (χ1n) is 6.05. The van der Waals surface area contributed by atoms with Crippen molar-refractivity contribution in [3.8, 4) is 0 Å². The molecule has 4 nitrogen and oxygen atoms in total. The zero-order valence-corrected chi connectivity index (χ0v) is 13.1. The Morgan fingerprint density at radius 3 is 2.74 bits per heavy atom. The number of halogens is 1. The minimum atomic E-state index is -0.508. The zero-order chi connectivity index (χ0) is 13.6. The van der Waals surface area contributed by atoms with E-state index in [9.17, 15) is 0 Å². The second-order valence-electron chi connectivity index (χ2n) is 4.85. The van der Waals surface area contributed by atoms with Gasteiger partial charge in [-0.05, 0) is 24.6 Å². The van der Waals surface area contributed by atoms with Gasteiger partial charge in [0.15, 0.2) is 16.6 Å². The summed E-state index contributed by atoms with van der Waals surface area (Å²) in [7, 11) is 1.91. The molecule has 3 rings (SSSR count). The fraction of sp³-hybridized carbons (Fsp3) is 0.385. The Bertz CT molecular complexity index is 622. The summed E-state index contributed by atoms with van der Waals surface area (Å²) in [5.41, 5.74) is 0.579. The molecular formula is C13H14BrN3OS. The topological polar surface area (TPSA) is 39.9 Å². The standard InChI is InChI=1S/C13H14BrN3OS/c1-8-7-13(18-8,9-4-3-5-10(14)6-9)11-15-16-12(19)17(11)2/h3-6,8H,7H2,1-2H3,(H,16,19). The van der Waals surface area contributed by atoms with Gasteiger partial charge in [-0.25, -0.2) is 0 Å². The molecule has 1 aliphatic rings. The monoisotopic (exact) mass is 339 g/mol. The molecule has 100 valence electrons. The molecule has 2 heterocycles. The summed E-state index contributed by atoms with van der Waals surface area (Å²) in [6.45, 7) is 2.06. The van der Waals surface area contributed by atoms with Crippen molar-refractivity contribution < 1.29 is 4.74 Å². The van der Waals surface area contributed by atoms with Crippen LogP contribution in [-0.4, -0.2) is 20.9 Å². The van der Waals surface area contributed by atoms with E-state index in [0.717, 1.165) is 22.3 Å². The summed E-state index contributed by atoms with van der Waals surface area (Å²) in [4.78, 5) is 0. The summed E-state index contributed by atoms with van der Waals surface area (Å²) in [5.74, 6) is 0.800. The van der Waals surface area contributed by atoms with E-state index < -0.39 is 5.60 Å². The highest BCUT2D eigenvalue weighted by atomic mass is 79.9. The van der Waals surface area contributed by atoms with Crippen LogP contribution in [0.25, 0.3) is 0 Å². The van der Waals surface area contributed by atoms with Gasteiger partial charge in [0.1, 0.15) is 0 Å². The molecule has 0 amide bonds. The summed E-state index contributed by atoms with van der Waals surface area (Å²) >= 11 is 7.80. The van der Waals surface area contributed by atoms with Crippen molar-refractivity contribution in [1.29, 1.82) is 0 Å². The van der Waals surface area contributed by atoms with E-state index in [1.807, 2.05) is 23.7 Å². The first kappa shape index (κ1) is 13.1. The lowest BCUT2D eigenvalue weighted by Crippen LogP contribution is -2.49. The zero-order valence-electron chi connectivity index (χ0n) is 10.7. The number of hydrogen-bond acceptors (Lipinski definition) is 4. The van der Waals surface area contributed by atoms with Crippen LogP contribution >= 0.6 is 28.6 Å². The van der Waals surface area contributed by atoms with E-state index in [-0.39, 0.29) is 6.10 Å². The average molecular weight is 340 g/mol. The number of aromatic nitrogens is 3. The van der Waals surface area contributed by atoms with E-state index in [1.54, 1.807) is 0 Å². The number of thiol groups is 1. The highest BCUT2D eigenvalue weighted by Gasteiger charge is 2.50. The largest absolute Gasteiger partial charge is 0.359 e. The lowest BCUT2D eigenvalue weighted by atomic mass is 9.82. The predicted octanol–water partition coefficient (Wildman–Crippen LogP) is 2.92. The molecule has 0 aliphatic carbocycles. The van der Waals surface area contributed by atoms with Gasteiger partial charge in [0.05, 0.1) is 6.10 Å². The maximum Gasteiger partial charge on any atom is 0.187 e. The van der Waals surface area contributed by atoms with Gasteiger partial charge in [-0.1, -0.05) is 28.1 Å². The van der Waals surface area contributed by atoms with Crippen LogP contribution in [0.4, 0.5) is 0 Å². The Morgan fingerprint density at radius 2 is 2.21 bits per heavy atom. The van der Waals surface area contributed by atoms with Crippen molar-refractivity contribution in [3.05, 3.63) is 40.1 Å². The maximum atomic E-state index is 6.07. The highest BCUT2D eigenvalue weighted by Crippen LogP contribution is 2.46. The lowest BCUT2D eigenvalue weighted by molar-refractivity contribution is -0.185. The molecule has 1 saturated heterocycles. The summed E-state index contributed by atoms with van der Waals surface area (Å²) in [6, 6.07) is 8.13. The summed E-state index contributed by atoms with van der Waals surface area (Å²) < 4.78 is 8.97. The minimum Gasteiger partial charge on any atom is -0.359 e. The Hall–Kier alpha value is -0.850. The van der Waals surface area contributed by atoms with Crippen LogP contribution in [-0.2, 0) is 17.4 Å². The summed E-state index contributed by atoms with van der Waals surface area (Å²) in [6.07, 6.45) is 1.11. The van der Waals surface area contributed by atoms with Crippen molar-refractivity contribution in [1.82, 2.24) is 14.8 Å². The van der Waals surface area contributed by atoms with Gasteiger partial charge < -0.3 is 9.30 Å². The molecule has 1 aromatic carbocycles. The van der Waals surface area contributed by atoms with Crippen molar-refractivity contribution >= 4 is 28.6 Å². The third-order valence-electron chi connectivity index (χ3n) is 3.48. The summed E-state index contributed by atoms with van der Waals surface area (Å²) in [5, 5.41) is 8.86. The minimum absolute atomic E-state index is 0.221. The third kappa shape index (κ3) is 2.02. The van der Waals surface area contributed by atoms with Crippen LogP contribution in [0.5, 0.6) is 0 Å². The van der Waals surface area contributed by atoms with E-state index in [0.29, 0.717) is 5.16 Å². The van der Waals surface area contributed by atoms with Crippen molar-refractivity contribution in [2.24, 2.45) is 7.05 Å². The second kappa shape index (κ2) is 4.61. The third-order valence-corrected chi connectivity index (χ3v) is 4.36. The number of ether oxygens (including phenoxy) is 1. The molecule has 19 heavy (non-hydrogen) atoms. The number of rotatable bonds is 2. The molecule has 6 heteroatoms. The van der Waals surface area contributed by atoms with Gasteiger partial charge in [-0.15, -0.1) is 22.8 Å². The Labute approximate surface area is 125 Å². The molecule has 1 aromatic heterocycles. The average Bonchev–Trinajstić information content (AvgIpc) is 2.66. The van der Waals surface area contributed by atoms with Gasteiger partial charge in [0.25, 0.3) is 0 Å². The lowest BCUT2D eigenvalue weighted by Gasteiger charge is -2.46. The fourth-order valence-corrected chi connectivity index (χ4v) is 3.15. The predicted molar refractivity (Wildman–Crippen MR) is 78.3 cm³/mol. The SMILES string of the molecule is CC1CC(c2cccc(Br)c2)(c2nnc(S)n2C)O1. The fourth-order valence-electron chi connectivity index (χ4n) is 2.61. The van der Waals surface area contributed by atoms with Crippen LogP contribution in [0.15, 0.2) is 33.9 Å². The molecule has 2 atom stereocenters. The molecule has 0 bridgehead atoms. The van der Waals surface area contributed by atoms with Gasteiger partial charge in [-0.3, -0.25) is 0 Å². The van der Waals surface area contributed by atoms with E-state index in [4.69, 9.17) is 4.74 Å². The van der Waals surface area contributed by atoms with Crippen LogP contribution < -0.4 is 0 Å². The maximum absolute atomic E-state index is 6.07. The van der Waals surface area contributed by atoms with Crippen molar-refractivity contribution in [3.63, 3.8) is 0 Å². The van der Waals surface area contributed by atoms with Crippen LogP contribution in [0, 0.1) is 0 Å². The van der Waals surface area contributed by atoms with Gasteiger partial charge >= 0.3 is 0 Å².